The predicted octanol–water partition coefficient (Wildman–Crippen LogP) is 2.18. The molecule has 1 aromatic rings. The van der Waals surface area contributed by atoms with Crippen molar-refractivity contribution < 1.29 is 14.7 Å². The van der Waals surface area contributed by atoms with Gasteiger partial charge in [-0.15, -0.1) is 0 Å². The van der Waals surface area contributed by atoms with E-state index < -0.39 is 11.9 Å². The number of carboxylic acids is 1. The molecule has 5 nitrogen and oxygen atoms in total. The van der Waals surface area contributed by atoms with Gasteiger partial charge >= 0.3 is 5.97 Å². The highest BCUT2D eigenvalue weighted by Gasteiger charge is 2.20. The van der Waals surface area contributed by atoms with Crippen molar-refractivity contribution in [2.24, 2.45) is 11.7 Å². The Morgan fingerprint density at radius 1 is 1.33 bits per heavy atom. The number of carbonyl (C=O) groups is 2. The lowest BCUT2D eigenvalue weighted by Crippen LogP contribution is -2.33. The van der Waals surface area contributed by atoms with Gasteiger partial charge in [-0.1, -0.05) is 0 Å². The molecular weight excluding hydrogens is 268 g/mol. The molecule has 0 spiro atoms. The molecule has 0 saturated carbocycles. The molecule has 1 aromatic carbocycles. The van der Waals surface area contributed by atoms with Crippen LogP contribution in [0.3, 0.4) is 0 Å². The number of piperidine rings is 1. The molecule has 2 rings (SSSR count). The maximum absolute atomic E-state index is 11.2. The Balaban J connectivity index is 1.94. The molecule has 1 heterocycles. The molecule has 1 amide bonds. The largest absolute Gasteiger partial charge is 0.481 e. The minimum Gasteiger partial charge on any atom is -0.481 e. The van der Waals surface area contributed by atoms with Crippen LogP contribution in [0.1, 0.15) is 41.6 Å². The average Bonchev–Trinajstić information content (AvgIpc) is 2.45. The second-order valence-corrected chi connectivity index (χ2v) is 5.73. The number of amides is 1. The molecule has 21 heavy (non-hydrogen) atoms. The van der Waals surface area contributed by atoms with Gasteiger partial charge in [0.15, 0.2) is 0 Å². The first kappa shape index (κ1) is 15.4. The summed E-state index contributed by atoms with van der Waals surface area (Å²) in [5.74, 6) is -0.607. The van der Waals surface area contributed by atoms with Gasteiger partial charge in [-0.2, -0.15) is 0 Å². The number of aryl methyl sites for hydroxylation is 1. The van der Waals surface area contributed by atoms with Crippen LogP contribution in [-0.4, -0.2) is 30.1 Å². The van der Waals surface area contributed by atoms with Crippen LogP contribution in [0.2, 0.25) is 0 Å². The van der Waals surface area contributed by atoms with Gasteiger partial charge in [0.2, 0.25) is 5.91 Å². The normalized spacial score (nSPS) is 16.0. The molecule has 1 fully saturated rings. The first-order valence-corrected chi connectivity index (χ1v) is 7.34. The number of hydrogen-bond donors (Lipinski definition) is 2. The zero-order valence-corrected chi connectivity index (χ0v) is 12.3. The molecule has 0 radical (unpaired) electrons. The number of carbonyl (C=O) groups excluding carboxylic acids is 1. The molecule has 3 N–H and O–H groups in total. The molecular formula is C16H22N2O3. The minimum absolute atomic E-state index is 0.261. The fourth-order valence-electron chi connectivity index (χ4n) is 2.93. The van der Waals surface area contributed by atoms with E-state index in [1.165, 1.54) is 0 Å². The summed E-state index contributed by atoms with van der Waals surface area (Å²) in [7, 11) is 0. The third kappa shape index (κ3) is 3.97. The highest BCUT2D eigenvalue weighted by molar-refractivity contribution is 5.94. The topological polar surface area (TPSA) is 83.6 Å². The number of anilines is 1. The molecule has 0 atom stereocenters. The van der Waals surface area contributed by atoms with E-state index >= 15 is 0 Å². The summed E-state index contributed by atoms with van der Waals surface area (Å²) >= 11 is 0. The van der Waals surface area contributed by atoms with E-state index in [4.69, 9.17) is 10.8 Å². The van der Waals surface area contributed by atoms with E-state index in [9.17, 15) is 9.59 Å². The Bertz CT molecular complexity index is 534. The van der Waals surface area contributed by atoms with E-state index in [1.807, 2.05) is 19.1 Å². The fraction of sp³-hybridized carbons (Fsp3) is 0.500. The molecule has 1 saturated heterocycles. The summed E-state index contributed by atoms with van der Waals surface area (Å²) in [6, 6.07) is 5.71. The predicted molar refractivity (Wildman–Crippen MR) is 81.5 cm³/mol. The lowest BCUT2D eigenvalue weighted by molar-refractivity contribution is -0.137. The maximum Gasteiger partial charge on any atom is 0.303 e. The van der Waals surface area contributed by atoms with Crippen molar-refractivity contribution in [1.82, 2.24) is 0 Å². The second kappa shape index (κ2) is 6.61. The number of hydrogen-bond acceptors (Lipinski definition) is 3. The van der Waals surface area contributed by atoms with Crippen molar-refractivity contribution in [1.29, 1.82) is 0 Å². The zero-order chi connectivity index (χ0) is 15.4. The number of aliphatic carboxylic acids is 1. The van der Waals surface area contributed by atoms with E-state index in [1.54, 1.807) is 6.07 Å². The lowest BCUT2D eigenvalue weighted by atomic mass is 9.92. The molecule has 1 aliphatic heterocycles. The number of primary amides is 1. The van der Waals surface area contributed by atoms with Crippen LogP contribution in [0.15, 0.2) is 18.2 Å². The van der Waals surface area contributed by atoms with Crippen molar-refractivity contribution in [3.63, 3.8) is 0 Å². The minimum atomic E-state index is -0.713. The summed E-state index contributed by atoms with van der Waals surface area (Å²) in [4.78, 5) is 24.1. The number of nitrogens with zero attached hydrogens (tertiary/aromatic N) is 1. The Hall–Kier alpha value is -2.04. The van der Waals surface area contributed by atoms with Crippen LogP contribution in [0, 0.1) is 12.8 Å². The van der Waals surface area contributed by atoms with Gasteiger partial charge in [0.25, 0.3) is 0 Å². The van der Waals surface area contributed by atoms with Crippen molar-refractivity contribution in [3.8, 4) is 0 Å². The monoisotopic (exact) mass is 290 g/mol. The fourth-order valence-corrected chi connectivity index (χ4v) is 2.93. The third-order valence-corrected chi connectivity index (χ3v) is 4.22. The maximum atomic E-state index is 11.2. The summed E-state index contributed by atoms with van der Waals surface area (Å²) < 4.78 is 0. The molecule has 114 valence electrons. The number of carboxylic acid groups (broad SMARTS) is 1. The van der Waals surface area contributed by atoms with Gasteiger partial charge in [-0.05, 0) is 55.9 Å². The second-order valence-electron chi connectivity index (χ2n) is 5.73. The SMILES string of the molecule is Cc1cc(N2CCC(CCC(=O)O)CC2)ccc1C(N)=O. The highest BCUT2D eigenvalue weighted by atomic mass is 16.4. The quantitative estimate of drug-likeness (QED) is 0.870. The Morgan fingerprint density at radius 3 is 2.52 bits per heavy atom. The zero-order valence-electron chi connectivity index (χ0n) is 12.3. The Kier molecular flexibility index (Phi) is 4.83. The molecule has 0 unspecified atom stereocenters. The van der Waals surface area contributed by atoms with Crippen molar-refractivity contribution in [2.45, 2.75) is 32.6 Å². The van der Waals surface area contributed by atoms with Crippen LogP contribution in [-0.2, 0) is 4.79 Å². The molecule has 0 aliphatic carbocycles. The van der Waals surface area contributed by atoms with Gasteiger partial charge in [0.1, 0.15) is 0 Å². The van der Waals surface area contributed by atoms with Crippen molar-refractivity contribution in [3.05, 3.63) is 29.3 Å². The average molecular weight is 290 g/mol. The molecule has 0 aromatic heterocycles. The van der Waals surface area contributed by atoms with Crippen LogP contribution < -0.4 is 10.6 Å². The smallest absolute Gasteiger partial charge is 0.303 e. The van der Waals surface area contributed by atoms with Gasteiger partial charge < -0.3 is 15.7 Å². The Labute approximate surface area is 124 Å². The first-order chi connectivity index (χ1) is 9.97. The molecule has 0 bridgehead atoms. The molecule has 5 heteroatoms. The summed E-state index contributed by atoms with van der Waals surface area (Å²) in [6.45, 7) is 3.75. The van der Waals surface area contributed by atoms with Gasteiger partial charge in [0.05, 0.1) is 0 Å². The highest BCUT2D eigenvalue weighted by Crippen LogP contribution is 2.27. The first-order valence-electron chi connectivity index (χ1n) is 7.34. The number of rotatable bonds is 5. The summed E-state index contributed by atoms with van der Waals surface area (Å²) in [6.07, 6.45) is 3.06. The van der Waals surface area contributed by atoms with Gasteiger partial charge in [0, 0.05) is 30.8 Å². The number of nitrogens with two attached hydrogens (primary N) is 1. The van der Waals surface area contributed by atoms with Crippen LogP contribution >= 0.6 is 0 Å². The molecule has 1 aliphatic rings. The van der Waals surface area contributed by atoms with Gasteiger partial charge in [-0.25, -0.2) is 0 Å². The van der Waals surface area contributed by atoms with Crippen LogP contribution in [0.25, 0.3) is 0 Å². The van der Waals surface area contributed by atoms with Crippen molar-refractivity contribution >= 4 is 17.6 Å². The number of benzene rings is 1. The summed E-state index contributed by atoms with van der Waals surface area (Å²) in [5, 5.41) is 8.73. The lowest BCUT2D eigenvalue weighted by Gasteiger charge is -2.33. The van der Waals surface area contributed by atoms with E-state index in [-0.39, 0.29) is 6.42 Å². The van der Waals surface area contributed by atoms with E-state index in [2.05, 4.69) is 4.90 Å². The van der Waals surface area contributed by atoms with E-state index in [0.29, 0.717) is 11.5 Å². The third-order valence-electron chi connectivity index (χ3n) is 4.22. The van der Waals surface area contributed by atoms with Crippen LogP contribution in [0.5, 0.6) is 0 Å². The Morgan fingerprint density at radius 2 is 2.00 bits per heavy atom. The summed E-state index contributed by atoms with van der Waals surface area (Å²) in [5.41, 5.74) is 7.89. The van der Waals surface area contributed by atoms with Crippen LogP contribution in [0.4, 0.5) is 5.69 Å². The van der Waals surface area contributed by atoms with E-state index in [0.717, 1.165) is 43.6 Å². The van der Waals surface area contributed by atoms with Crippen molar-refractivity contribution in [2.75, 3.05) is 18.0 Å². The standard InChI is InChI=1S/C16H22N2O3/c1-11-10-13(3-4-14(11)16(17)21)18-8-6-12(7-9-18)2-5-15(19)20/h3-4,10,12H,2,5-9H2,1H3,(H2,17,21)(H,19,20). The van der Waals surface area contributed by atoms with Gasteiger partial charge in [-0.3, -0.25) is 9.59 Å².